The molecule has 0 radical (unpaired) electrons. The van der Waals surface area contributed by atoms with Gasteiger partial charge in [0.15, 0.2) is 0 Å². The summed E-state index contributed by atoms with van der Waals surface area (Å²) < 4.78 is 0.931. The number of hydrogen-bond donors (Lipinski definition) is 1. The first-order chi connectivity index (χ1) is 6.68. The molecule has 0 spiro atoms. The Labute approximate surface area is 91.5 Å². The largest absolute Gasteiger partial charge is 0.339 e. The Hall–Kier alpha value is -1.09. The minimum absolute atomic E-state index is 0.931. The van der Waals surface area contributed by atoms with Crippen molar-refractivity contribution in [1.82, 2.24) is 9.97 Å². The number of aryl methyl sites for hydroxylation is 2. The highest BCUT2D eigenvalue weighted by Crippen LogP contribution is 2.25. The minimum atomic E-state index is 0.931. The third kappa shape index (κ3) is 1.60. The summed E-state index contributed by atoms with van der Waals surface area (Å²) in [7, 11) is 0. The summed E-state index contributed by atoms with van der Waals surface area (Å²) in [4.78, 5) is 7.26. The molecule has 0 aliphatic rings. The molecule has 0 aliphatic carbocycles. The lowest BCUT2D eigenvalue weighted by Crippen LogP contribution is -1.84. The lowest BCUT2D eigenvalue weighted by molar-refractivity contribution is 1.30. The molecule has 0 saturated carbocycles. The Balaban J connectivity index is 2.53. The van der Waals surface area contributed by atoms with Crippen LogP contribution in [0.4, 0.5) is 0 Å². The van der Waals surface area contributed by atoms with Crippen LogP contribution in [-0.2, 0) is 0 Å². The van der Waals surface area contributed by atoms with E-state index in [1.165, 1.54) is 11.1 Å². The van der Waals surface area contributed by atoms with Gasteiger partial charge >= 0.3 is 0 Å². The molecule has 0 saturated heterocycles. The van der Waals surface area contributed by atoms with Gasteiger partial charge in [0.05, 0.1) is 6.33 Å². The van der Waals surface area contributed by atoms with E-state index in [4.69, 9.17) is 0 Å². The number of rotatable bonds is 1. The molecular formula is C11H11BrN2. The molecule has 1 aromatic heterocycles. The van der Waals surface area contributed by atoms with Crippen LogP contribution in [0.5, 0.6) is 0 Å². The van der Waals surface area contributed by atoms with E-state index < -0.39 is 0 Å². The maximum absolute atomic E-state index is 4.25. The van der Waals surface area contributed by atoms with Crippen LogP contribution in [0.15, 0.2) is 29.1 Å². The normalized spacial score (nSPS) is 10.5. The van der Waals surface area contributed by atoms with Crippen LogP contribution < -0.4 is 0 Å². The van der Waals surface area contributed by atoms with Gasteiger partial charge < -0.3 is 4.98 Å². The molecule has 0 fully saturated rings. The van der Waals surface area contributed by atoms with Gasteiger partial charge in [-0.3, -0.25) is 0 Å². The third-order valence-corrected chi connectivity index (χ3v) is 2.98. The van der Waals surface area contributed by atoms with Crippen LogP contribution in [0.3, 0.4) is 0 Å². The first-order valence-electron chi connectivity index (χ1n) is 4.45. The molecule has 1 heterocycles. The monoisotopic (exact) mass is 250 g/mol. The second-order valence-corrected chi connectivity index (χ2v) is 4.16. The van der Waals surface area contributed by atoms with E-state index in [0.29, 0.717) is 0 Å². The first-order valence-corrected chi connectivity index (χ1v) is 5.24. The predicted molar refractivity (Wildman–Crippen MR) is 61.2 cm³/mol. The van der Waals surface area contributed by atoms with Crippen molar-refractivity contribution < 1.29 is 0 Å². The summed E-state index contributed by atoms with van der Waals surface area (Å²) in [5.74, 6) is 0. The van der Waals surface area contributed by atoms with Crippen LogP contribution >= 0.6 is 15.9 Å². The first kappa shape index (κ1) is 9.46. The van der Waals surface area contributed by atoms with Crippen molar-refractivity contribution in [1.29, 1.82) is 0 Å². The van der Waals surface area contributed by atoms with Crippen LogP contribution in [0.25, 0.3) is 11.3 Å². The summed E-state index contributed by atoms with van der Waals surface area (Å²) in [6.45, 7) is 4.22. The topological polar surface area (TPSA) is 28.7 Å². The number of benzene rings is 1. The predicted octanol–water partition coefficient (Wildman–Crippen LogP) is 3.46. The molecule has 0 atom stereocenters. The fourth-order valence-electron chi connectivity index (χ4n) is 1.37. The molecule has 2 rings (SSSR count). The Morgan fingerprint density at radius 2 is 2.00 bits per heavy atom. The van der Waals surface area contributed by atoms with Gasteiger partial charge in [0.2, 0.25) is 0 Å². The summed E-state index contributed by atoms with van der Waals surface area (Å²) in [6.07, 6.45) is 1.69. The van der Waals surface area contributed by atoms with Crippen LogP contribution in [0.1, 0.15) is 11.1 Å². The number of nitrogens with one attached hydrogen (secondary N) is 1. The Morgan fingerprint density at radius 1 is 1.21 bits per heavy atom. The van der Waals surface area contributed by atoms with E-state index >= 15 is 0 Å². The van der Waals surface area contributed by atoms with E-state index in [1.54, 1.807) is 6.33 Å². The van der Waals surface area contributed by atoms with Gasteiger partial charge in [-0.15, -0.1) is 0 Å². The second-order valence-electron chi connectivity index (χ2n) is 3.36. The zero-order valence-electron chi connectivity index (χ0n) is 8.13. The highest BCUT2D eigenvalue weighted by Gasteiger charge is 2.05. The molecule has 2 nitrogen and oxygen atoms in total. The molecule has 0 aliphatic heterocycles. The maximum atomic E-state index is 4.25. The summed E-state index contributed by atoms with van der Waals surface area (Å²) in [5.41, 5.74) is 4.70. The fourth-order valence-corrected chi connectivity index (χ4v) is 1.80. The van der Waals surface area contributed by atoms with E-state index in [0.717, 1.165) is 15.9 Å². The molecule has 1 aromatic carbocycles. The lowest BCUT2D eigenvalue weighted by Gasteiger charge is -2.02. The van der Waals surface area contributed by atoms with Gasteiger partial charge in [-0.25, -0.2) is 4.98 Å². The number of imidazole rings is 1. The lowest BCUT2D eigenvalue weighted by atomic mass is 10.1. The van der Waals surface area contributed by atoms with Crippen molar-refractivity contribution in [3.05, 3.63) is 40.3 Å². The van der Waals surface area contributed by atoms with Gasteiger partial charge in [-0.05, 0) is 47.0 Å². The van der Waals surface area contributed by atoms with E-state index in [1.807, 2.05) is 0 Å². The minimum Gasteiger partial charge on any atom is -0.339 e. The SMILES string of the molecule is Cc1ccc(-c2nc[nH]c2Br)cc1C. The number of hydrogen-bond acceptors (Lipinski definition) is 1. The molecule has 72 valence electrons. The highest BCUT2D eigenvalue weighted by atomic mass is 79.9. The van der Waals surface area contributed by atoms with Crippen molar-refractivity contribution in [2.24, 2.45) is 0 Å². The maximum Gasteiger partial charge on any atom is 0.110 e. The molecule has 0 amide bonds. The van der Waals surface area contributed by atoms with Crippen molar-refractivity contribution in [3.63, 3.8) is 0 Å². The average molecular weight is 251 g/mol. The smallest absolute Gasteiger partial charge is 0.110 e. The van der Waals surface area contributed by atoms with Crippen LogP contribution in [-0.4, -0.2) is 9.97 Å². The highest BCUT2D eigenvalue weighted by molar-refractivity contribution is 9.10. The summed E-state index contributed by atoms with van der Waals surface area (Å²) >= 11 is 3.43. The van der Waals surface area contributed by atoms with Gasteiger partial charge in [0, 0.05) is 5.56 Å². The fraction of sp³-hybridized carbons (Fsp3) is 0.182. The molecule has 0 bridgehead atoms. The number of nitrogens with zero attached hydrogens (tertiary/aromatic N) is 1. The molecular weight excluding hydrogens is 240 g/mol. The van der Waals surface area contributed by atoms with Gasteiger partial charge in [0.25, 0.3) is 0 Å². The average Bonchev–Trinajstić information content (AvgIpc) is 2.57. The number of aromatic amines is 1. The number of aromatic nitrogens is 2. The van der Waals surface area contributed by atoms with Crippen molar-refractivity contribution in [2.45, 2.75) is 13.8 Å². The summed E-state index contributed by atoms with van der Waals surface area (Å²) in [5, 5.41) is 0. The van der Waals surface area contributed by atoms with E-state index in [9.17, 15) is 0 Å². The quantitative estimate of drug-likeness (QED) is 0.826. The summed E-state index contributed by atoms with van der Waals surface area (Å²) in [6, 6.07) is 6.35. The van der Waals surface area contributed by atoms with Crippen LogP contribution in [0.2, 0.25) is 0 Å². The second kappa shape index (κ2) is 3.58. The molecule has 0 unspecified atom stereocenters. The van der Waals surface area contributed by atoms with E-state index in [2.05, 4.69) is 57.9 Å². The molecule has 1 N–H and O–H groups in total. The third-order valence-electron chi connectivity index (χ3n) is 2.37. The Bertz CT molecular complexity index is 460. The molecule has 2 aromatic rings. The standard InChI is InChI=1S/C11H11BrN2/c1-7-3-4-9(5-8(7)2)10-11(12)14-6-13-10/h3-6H,1-2H3,(H,13,14). The van der Waals surface area contributed by atoms with Crippen LogP contribution in [0, 0.1) is 13.8 Å². The van der Waals surface area contributed by atoms with Gasteiger partial charge in [-0.1, -0.05) is 12.1 Å². The number of halogens is 1. The van der Waals surface area contributed by atoms with Gasteiger partial charge in [0.1, 0.15) is 10.3 Å². The zero-order chi connectivity index (χ0) is 10.1. The van der Waals surface area contributed by atoms with E-state index in [-0.39, 0.29) is 0 Å². The Kier molecular flexibility index (Phi) is 2.42. The molecule has 14 heavy (non-hydrogen) atoms. The van der Waals surface area contributed by atoms with Crippen molar-refractivity contribution in [2.75, 3.05) is 0 Å². The van der Waals surface area contributed by atoms with Crippen molar-refractivity contribution >= 4 is 15.9 Å². The van der Waals surface area contributed by atoms with Gasteiger partial charge in [-0.2, -0.15) is 0 Å². The zero-order valence-corrected chi connectivity index (χ0v) is 9.72. The van der Waals surface area contributed by atoms with Crippen molar-refractivity contribution in [3.8, 4) is 11.3 Å². The molecule has 3 heteroatoms. The number of H-pyrrole nitrogens is 1. The Morgan fingerprint density at radius 3 is 2.57 bits per heavy atom.